The first-order chi connectivity index (χ1) is 3.39. The van der Waals surface area contributed by atoms with Gasteiger partial charge in [-0.1, -0.05) is 0 Å². The van der Waals surface area contributed by atoms with Crippen LogP contribution in [0, 0.1) is 0 Å². The number of likely N-dealkylation sites (N-methyl/N-ethyl adjacent to an activating group) is 1. The lowest BCUT2D eigenvalue weighted by Crippen LogP contribution is -2.40. The second-order valence-corrected chi connectivity index (χ2v) is 2.05. The summed E-state index contributed by atoms with van der Waals surface area (Å²) in [5.74, 6) is 0. The molecule has 1 aliphatic heterocycles. The lowest BCUT2D eigenvalue weighted by molar-refractivity contribution is 0.291. The molecule has 2 nitrogen and oxygen atoms in total. The van der Waals surface area contributed by atoms with Crippen molar-refractivity contribution in [3.63, 3.8) is 0 Å². The molecule has 1 rings (SSSR count). The Morgan fingerprint density at radius 1 is 1.25 bits per heavy atom. The van der Waals surface area contributed by atoms with E-state index in [0.29, 0.717) is 0 Å². The van der Waals surface area contributed by atoms with Gasteiger partial charge in [0.05, 0.1) is 0 Å². The number of nitrogens with one attached hydrogen (secondary N) is 1. The van der Waals surface area contributed by atoms with Gasteiger partial charge < -0.3 is 10.2 Å². The lowest BCUT2D eigenvalue weighted by Gasteiger charge is -2.21. The zero-order valence-corrected chi connectivity index (χ0v) is 6.28. The normalized spacial score (nSPS) is 22.1. The Labute approximate surface area is 57.7 Å². The first kappa shape index (κ1) is 8.27. The third-order valence-corrected chi connectivity index (χ3v) is 1.34. The second-order valence-electron chi connectivity index (χ2n) is 2.05. The molecule has 0 aromatic rings. The summed E-state index contributed by atoms with van der Waals surface area (Å²) in [6, 6.07) is 0. The summed E-state index contributed by atoms with van der Waals surface area (Å²) < 4.78 is 0. The number of rotatable bonds is 0. The predicted octanol–water partition coefficient (Wildman–Crippen LogP) is -0.366. The van der Waals surface area contributed by atoms with Crippen LogP contribution >= 0.6 is 13.5 Å². The van der Waals surface area contributed by atoms with Crippen molar-refractivity contribution in [1.82, 2.24) is 10.2 Å². The maximum Gasteiger partial charge on any atom is 0.0104 e. The van der Waals surface area contributed by atoms with Crippen LogP contribution in [0.25, 0.3) is 0 Å². The Morgan fingerprint density at radius 2 is 1.75 bits per heavy atom. The molecule has 1 heterocycles. The van der Waals surface area contributed by atoms with Gasteiger partial charge in [-0.3, -0.25) is 0 Å². The van der Waals surface area contributed by atoms with Crippen LogP contribution in [-0.4, -0.2) is 38.1 Å². The quantitative estimate of drug-likeness (QED) is 0.486. The molecule has 50 valence electrons. The van der Waals surface area contributed by atoms with E-state index in [9.17, 15) is 0 Å². The highest BCUT2D eigenvalue weighted by molar-refractivity contribution is 7.59. The third kappa shape index (κ3) is 2.55. The van der Waals surface area contributed by atoms with Crippen molar-refractivity contribution in [2.75, 3.05) is 33.2 Å². The van der Waals surface area contributed by atoms with Gasteiger partial charge in [0, 0.05) is 26.2 Å². The summed E-state index contributed by atoms with van der Waals surface area (Å²) in [5.41, 5.74) is 0. The molecule has 8 heavy (non-hydrogen) atoms. The first-order valence-electron chi connectivity index (χ1n) is 2.79. The highest BCUT2D eigenvalue weighted by atomic mass is 32.1. The van der Waals surface area contributed by atoms with E-state index in [2.05, 4.69) is 17.3 Å². The SMILES string of the molecule is CN1CCNCC1.S. The Hall–Kier alpha value is 0.270. The van der Waals surface area contributed by atoms with Gasteiger partial charge in [0.15, 0.2) is 0 Å². The average Bonchev–Trinajstić information content (AvgIpc) is 1.69. The van der Waals surface area contributed by atoms with Crippen molar-refractivity contribution < 1.29 is 0 Å². The summed E-state index contributed by atoms with van der Waals surface area (Å²) in [5, 5.41) is 3.27. The molecule has 1 saturated heterocycles. The maximum absolute atomic E-state index is 3.27. The molecule has 1 aliphatic rings. The average molecular weight is 134 g/mol. The second kappa shape index (κ2) is 4.18. The van der Waals surface area contributed by atoms with Crippen LogP contribution in [0.2, 0.25) is 0 Å². The van der Waals surface area contributed by atoms with Crippen LogP contribution < -0.4 is 5.32 Å². The Kier molecular flexibility index (Phi) is 4.32. The topological polar surface area (TPSA) is 15.3 Å². The Bertz CT molecular complexity index is 52.4. The first-order valence-corrected chi connectivity index (χ1v) is 2.79. The molecule has 0 bridgehead atoms. The van der Waals surface area contributed by atoms with Gasteiger partial charge >= 0.3 is 0 Å². The van der Waals surface area contributed by atoms with Crippen LogP contribution in [0.5, 0.6) is 0 Å². The van der Waals surface area contributed by atoms with Gasteiger partial charge in [-0.05, 0) is 7.05 Å². The van der Waals surface area contributed by atoms with Gasteiger partial charge in [-0.2, -0.15) is 13.5 Å². The highest BCUT2D eigenvalue weighted by Gasteiger charge is 2.01. The third-order valence-electron chi connectivity index (χ3n) is 1.34. The fraction of sp³-hybridized carbons (Fsp3) is 1.00. The molecule has 0 aliphatic carbocycles. The molecule has 3 heteroatoms. The fourth-order valence-electron chi connectivity index (χ4n) is 0.777. The highest BCUT2D eigenvalue weighted by Crippen LogP contribution is 1.82. The molecule has 0 unspecified atom stereocenters. The molecule has 0 aromatic carbocycles. The monoisotopic (exact) mass is 134 g/mol. The number of nitrogens with zero attached hydrogens (tertiary/aromatic N) is 1. The zero-order valence-electron chi connectivity index (χ0n) is 5.28. The summed E-state index contributed by atoms with van der Waals surface area (Å²) in [6.45, 7) is 4.74. The molecule has 0 radical (unpaired) electrons. The molecular formula is C5H14N2S. The van der Waals surface area contributed by atoms with Crippen LogP contribution in [0.1, 0.15) is 0 Å². The van der Waals surface area contributed by atoms with Crippen molar-refractivity contribution in [3.05, 3.63) is 0 Å². The number of piperazine rings is 1. The van der Waals surface area contributed by atoms with E-state index < -0.39 is 0 Å². The van der Waals surface area contributed by atoms with E-state index in [1.54, 1.807) is 0 Å². The Morgan fingerprint density at radius 3 is 2.00 bits per heavy atom. The van der Waals surface area contributed by atoms with Crippen molar-refractivity contribution >= 4 is 13.5 Å². The summed E-state index contributed by atoms with van der Waals surface area (Å²) in [7, 11) is 2.15. The van der Waals surface area contributed by atoms with E-state index in [0.717, 1.165) is 13.1 Å². The molecule has 0 atom stereocenters. The van der Waals surface area contributed by atoms with E-state index >= 15 is 0 Å². The van der Waals surface area contributed by atoms with Crippen LogP contribution in [0.3, 0.4) is 0 Å². The molecule has 0 aromatic heterocycles. The predicted molar refractivity (Wildman–Crippen MR) is 40.7 cm³/mol. The van der Waals surface area contributed by atoms with Gasteiger partial charge in [-0.25, -0.2) is 0 Å². The van der Waals surface area contributed by atoms with Gasteiger partial charge in [0.25, 0.3) is 0 Å². The van der Waals surface area contributed by atoms with Gasteiger partial charge in [0.1, 0.15) is 0 Å². The van der Waals surface area contributed by atoms with E-state index in [1.165, 1.54) is 13.1 Å². The smallest absolute Gasteiger partial charge is 0.0104 e. The standard InChI is InChI=1S/C5H12N2.H2S/c1-7-4-2-6-3-5-7;/h6H,2-5H2,1H3;1H2. The summed E-state index contributed by atoms with van der Waals surface area (Å²) in [6.07, 6.45) is 0. The fourth-order valence-corrected chi connectivity index (χ4v) is 0.777. The minimum atomic E-state index is 0. The molecule has 1 N–H and O–H groups in total. The van der Waals surface area contributed by atoms with Crippen LogP contribution in [0.4, 0.5) is 0 Å². The summed E-state index contributed by atoms with van der Waals surface area (Å²) >= 11 is 0. The molecule has 1 fully saturated rings. The van der Waals surface area contributed by atoms with Crippen molar-refractivity contribution in [1.29, 1.82) is 0 Å². The van der Waals surface area contributed by atoms with Gasteiger partial charge in [-0.15, -0.1) is 0 Å². The largest absolute Gasteiger partial charge is 0.314 e. The van der Waals surface area contributed by atoms with E-state index in [1.807, 2.05) is 0 Å². The summed E-state index contributed by atoms with van der Waals surface area (Å²) in [4.78, 5) is 2.33. The van der Waals surface area contributed by atoms with Crippen LogP contribution in [-0.2, 0) is 0 Å². The molecule has 0 saturated carbocycles. The molecule has 0 amide bonds. The van der Waals surface area contributed by atoms with Crippen molar-refractivity contribution in [2.45, 2.75) is 0 Å². The minimum Gasteiger partial charge on any atom is -0.314 e. The lowest BCUT2D eigenvalue weighted by atomic mass is 10.4. The molecule has 0 spiro atoms. The number of hydrogen-bond donors (Lipinski definition) is 1. The van der Waals surface area contributed by atoms with Crippen LogP contribution in [0.15, 0.2) is 0 Å². The number of hydrogen-bond acceptors (Lipinski definition) is 2. The van der Waals surface area contributed by atoms with Crippen molar-refractivity contribution in [2.24, 2.45) is 0 Å². The van der Waals surface area contributed by atoms with Gasteiger partial charge in [0.2, 0.25) is 0 Å². The van der Waals surface area contributed by atoms with E-state index in [-0.39, 0.29) is 13.5 Å². The van der Waals surface area contributed by atoms with E-state index in [4.69, 9.17) is 0 Å². The minimum absolute atomic E-state index is 0. The maximum atomic E-state index is 3.27. The zero-order chi connectivity index (χ0) is 5.11. The van der Waals surface area contributed by atoms with Crippen molar-refractivity contribution in [3.8, 4) is 0 Å². The molecular weight excluding hydrogens is 120 g/mol. The Balaban J connectivity index is 0.000000490.